The molecule has 1 heterocycles. The van der Waals surface area contributed by atoms with E-state index in [1.54, 1.807) is 20.8 Å². The summed E-state index contributed by atoms with van der Waals surface area (Å²) >= 11 is 0. The van der Waals surface area contributed by atoms with E-state index in [2.05, 4.69) is 10.3 Å². The van der Waals surface area contributed by atoms with Crippen molar-refractivity contribution in [3.8, 4) is 0 Å². The van der Waals surface area contributed by atoms with Crippen molar-refractivity contribution in [1.29, 1.82) is 0 Å². The first kappa shape index (κ1) is 12.2. The maximum atomic E-state index is 11.6. The Kier molecular flexibility index (Phi) is 3.26. The van der Waals surface area contributed by atoms with Crippen molar-refractivity contribution in [3.05, 3.63) is 11.9 Å². The maximum Gasteiger partial charge on any atom is 0.358 e. The van der Waals surface area contributed by atoms with Gasteiger partial charge in [0.25, 0.3) is 0 Å². The van der Waals surface area contributed by atoms with E-state index in [0.717, 1.165) is 0 Å². The van der Waals surface area contributed by atoms with Crippen molar-refractivity contribution in [1.82, 2.24) is 15.0 Å². The summed E-state index contributed by atoms with van der Waals surface area (Å²) in [5, 5.41) is 15.7. The van der Waals surface area contributed by atoms with Crippen LogP contribution in [0.25, 0.3) is 0 Å². The van der Waals surface area contributed by atoms with Gasteiger partial charge in [-0.25, -0.2) is 14.3 Å². The monoisotopic (exact) mass is 227 g/mol. The van der Waals surface area contributed by atoms with Gasteiger partial charge in [-0.05, 0) is 20.8 Å². The Morgan fingerprint density at radius 1 is 1.56 bits per heavy atom. The van der Waals surface area contributed by atoms with Crippen LogP contribution in [0.2, 0.25) is 0 Å². The molecule has 0 unspecified atom stereocenters. The van der Waals surface area contributed by atoms with Gasteiger partial charge in [0.05, 0.1) is 12.8 Å². The lowest BCUT2D eigenvalue weighted by molar-refractivity contribution is -0.152. The highest BCUT2D eigenvalue weighted by atomic mass is 16.5. The Labute approximate surface area is 92.0 Å². The minimum absolute atomic E-state index is 0.211. The third-order valence-electron chi connectivity index (χ3n) is 2.06. The summed E-state index contributed by atoms with van der Waals surface area (Å²) in [5.74, 6) is -1.68. The highest BCUT2D eigenvalue weighted by molar-refractivity contribution is 5.85. The van der Waals surface area contributed by atoms with Gasteiger partial charge in [0, 0.05) is 0 Å². The van der Waals surface area contributed by atoms with Crippen molar-refractivity contribution >= 4 is 11.9 Å². The standard InChI is InChI=1S/C9H13N3O4/c1-4-16-8(15)9(2,3)12-5-6(7(13)14)10-11-12/h5H,4H2,1-3H3,(H,13,14). The number of carboxylic acid groups (broad SMARTS) is 1. The number of carbonyl (C=O) groups is 2. The highest BCUT2D eigenvalue weighted by Crippen LogP contribution is 2.16. The lowest BCUT2D eigenvalue weighted by atomic mass is 10.1. The fraction of sp³-hybridized carbons (Fsp3) is 0.556. The molecule has 16 heavy (non-hydrogen) atoms. The molecule has 0 amide bonds. The zero-order chi connectivity index (χ0) is 12.3. The van der Waals surface area contributed by atoms with Crippen LogP contribution in [-0.4, -0.2) is 38.6 Å². The molecular formula is C9H13N3O4. The average molecular weight is 227 g/mol. The number of rotatable bonds is 4. The van der Waals surface area contributed by atoms with E-state index in [-0.39, 0.29) is 12.3 Å². The van der Waals surface area contributed by atoms with Crippen LogP contribution in [0, 0.1) is 0 Å². The van der Waals surface area contributed by atoms with Gasteiger partial charge in [0.2, 0.25) is 0 Å². The first-order valence-electron chi connectivity index (χ1n) is 4.73. The van der Waals surface area contributed by atoms with Gasteiger partial charge in [-0.15, -0.1) is 5.10 Å². The summed E-state index contributed by atoms with van der Waals surface area (Å²) in [7, 11) is 0. The van der Waals surface area contributed by atoms with E-state index in [1.165, 1.54) is 10.9 Å². The Morgan fingerprint density at radius 2 is 2.19 bits per heavy atom. The molecule has 1 rings (SSSR count). The number of hydrogen-bond donors (Lipinski definition) is 1. The molecule has 0 bridgehead atoms. The molecule has 0 radical (unpaired) electrons. The fourth-order valence-corrected chi connectivity index (χ4v) is 1.04. The van der Waals surface area contributed by atoms with Crippen molar-refractivity contribution in [2.24, 2.45) is 0 Å². The Morgan fingerprint density at radius 3 is 2.62 bits per heavy atom. The second-order valence-corrected chi connectivity index (χ2v) is 3.63. The molecule has 1 aromatic heterocycles. The molecule has 0 saturated heterocycles. The van der Waals surface area contributed by atoms with Crippen LogP contribution in [0.1, 0.15) is 31.3 Å². The number of esters is 1. The van der Waals surface area contributed by atoms with Gasteiger partial charge in [-0.1, -0.05) is 5.21 Å². The van der Waals surface area contributed by atoms with Gasteiger partial charge in [-0.2, -0.15) is 0 Å². The largest absolute Gasteiger partial charge is 0.476 e. The molecule has 7 nitrogen and oxygen atoms in total. The van der Waals surface area contributed by atoms with Crippen LogP contribution >= 0.6 is 0 Å². The predicted octanol–water partition coefficient (Wildman–Crippen LogP) is 0.274. The predicted molar refractivity (Wildman–Crippen MR) is 52.9 cm³/mol. The first-order chi connectivity index (χ1) is 7.39. The van der Waals surface area contributed by atoms with Gasteiger partial charge < -0.3 is 9.84 Å². The van der Waals surface area contributed by atoms with Crippen LogP contribution in [0.3, 0.4) is 0 Å². The van der Waals surface area contributed by atoms with Crippen molar-refractivity contribution in [2.45, 2.75) is 26.3 Å². The molecule has 1 aromatic rings. The molecule has 0 fully saturated rings. The second-order valence-electron chi connectivity index (χ2n) is 3.63. The SMILES string of the molecule is CCOC(=O)C(C)(C)n1cc(C(=O)O)nn1. The summed E-state index contributed by atoms with van der Waals surface area (Å²) in [5.41, 5.74) is -1.28. The maximum absolute atomic E-state index is 11.6. The average Bonchev–Trinajstić information content (AvgIpc) is 2.67. The second kappa shape index (κ2) is 4.30. The molecule has 7 heteroatoms. The third-order valence-corrected chi connectivity index (χ3v) is 2.06. The van der Waals surface area contributed by atoms with Crippen molar-refractivity contribution < 1.29 is 19.4 Å². The van der Waals surface area contributed by atoms with E-state index in [4.69, 9.17) is 9.84 Å². The van der Waals surface area contributed by atoms with Gasteiger partial charge in [0.1, 0.15) is 0 Å². The van der Waals surface area contributed by atoms with Crippen molar-refractivity contribution in [2.75, 3.05) is 6.61 Å². The summed E-state index contributed by atoms with van der Waals surface area (Å²) in [4.78, 5) is 22.2. The van der Waals surface area contributed by atoms with E-state index < -0.39 is 17.5 Å². The van der Waals surface area contributed by atoms with Crippen LogP contribution in [0.15, 0.2) is 6.20 Å². The molecule has 88 valence electrons. The molecule has 0 atom stereocenters. The normalized spacial score (nSPS) is 11.2. The lowest BCUT2D eigenvalue weighted by Gasteiger charge is -2.21. The third kappa shape index (κ3) is 2.18. The zero-order valence-corrected chi connectivity index (χ0v) is 9.30. The molecular weight excluding hydrogens is 214 g/mol. The molecule has 1 N–H and O–H groups in total. The Hall–Kier alpha value is -1.92. The minimum atomic E-state index is -1.19. The first-order valence-corrected chi connectivity index (χ1v) is 4.73. The number of nitrogens with zero attached hydrogens (tertiary/aromatic N) is 3. The van der Waals surface area contributed by atoms with Gasteiger partial charge in [-0.3, -0.25) is 0 Å². The van der Waals surface area contributed by atoms with Crippen LogP contribution < -0.4 is 0 Å². The van der Waals surface area contributed by atoms with E-state index in [1.807, 2.05) is 0 Å². The van der Waals surface area contributed by atoms with E-state index in [0.29, 0.717) is 0 Å². The van der Waals surface area contributed by atoms with Crippen LogP contribution in [0.5, 0.6) is 0 Å². The minimum Gasteiger partial charge on any atom is -0.476 e. The summed E-state index contributed by atoms with van der Waals surface area (Å²) in [6.45, 7) is 5.09. The molecule has 0 spiro atoms. The zero-order valence-electron chi connectivity index (χ0n) is 9.30. The molecule has 0 aromatic carbocycles. The summed E-state index contributed by atoms with van der Waals surface area (Å²) in [6.07, 6.45) is 1.19. The fourth-order valence-electron chi connectivity index (χ4n) is 1.04. The quantitative estimate of drug-likeness (QED) is 0.742. The van der Waals surface area contributed by atoms with Crippen molar-refractivity contribution in [3.63, 3.8) is 0 Å². The molecule has 0 aliphatic carbocycles. The van der Waals surface area contributed by atoms with Gasteiger partial charge in [0.15, 0.2) is 11.2 Å². The molecule has 0 saturated carbocycles. The summed E-state index contributed by atoms with van der Waals surface area (Å²) < 4.78 is 6.03. The van der Waals surface area contributed by atoms with E-state index in [9.17, 15) is 9.59 Å². The summed E-state index contributed by atoms with van der Waals surface area (Å²) in [6, 6.07) is 0. The number of aromatic carboxylic acids is 1. The van der Waals surface area contributed by atoms with Crippen LogP contribution in [0.4, 0.5) is 0 Å². The van der Waals surface area contributed by atoms with E-state index >= 15 is 0 Å². The van der Waals surface area contributed by atoms with Crippen LogP contribution in [-0.2, 0) is 15.1 Å². The number of ether oxygens (including phenoxy) is 1. The number of carboxylic acids is 1. The Bertz CT molecular complexity index is 411. The molecule has 0 aliphatic rings. The smallest absolute Gasteiger partial charge is 0.358 e. The van der Waals surface area contributed by atoms with Gasteiger partial charge >= 0.3 is 11.9 Å². The Balaban J connectivity index is 2.97. The molecule has 0 aliphatic heterocycles. The lowest BCUT2D eigenvalue weighted by Crippen LogP contribution is -2.38. The number of carbonyl (C=O) groups excluding carboxylic acids is 1. The highest BCUT2D eigenvalue weighted by Gasteiger charge is 2.33. The number of hydrogen-bond acceptors (Lipinski definition) is 5. The topological polar surface area (TPSA) is 94.3 Å². The number of aromatic nitrogens is 3.